The van der Waals surface area contributed by atoms with E-state index in [1.165, 1.54) is 64.2 Å². The topological polar surface area (TPSA) is 12.0 Å². The van der Waals surface area contributed by atoms with Gasteiger partial charge < -0.3 is 5.32 Å². The molecular formula is C26H51N. The maximum Gasteiger partial charge on any atom is 0.0296 e. The molecule has 0 spiro atoms. The van der Waals surface area contributed by atoms with E-state index in [1.807, 2.05) is 6.92 Å². The van der Waals surface area contributed by atoms with Crippen molar-refractivity contribution in [3.8, 4) is 0 Å². The van der Waals surface area contributed by atoms with Gasteiger partial charge in [0, 0.05) is 12.2 Å². The summed E-state index contributed by atoms with van der Waals surface area (Å²) in [5.74, 6) is 2.39. The van der Waals surface area contributed by atoms with E-state index in [9.17, 15) is 0 Å². The Morgan fingerprint density at radius 1 is 1.00 bits per heavy atom. The second-order valence-electron chi connectivity index (χ2n) is 8.47. The fourth-order valence-corrected chi connectivity index (χ4v) is 3.45. The third-order valence-electron chi connectivity index (χ3n) is 5.26. The largest absolute Gasteiger partial charge is 0.385 e. The number of allylic oxidation sites excluding steroid dienone is 2. The van der Waals surface area contributed by atoms with Gasteiger partial charge in [0.1, 0.15) is 0 Å². The molecular weight excluding hydrogens is 326 g/mol. The van der Waals surface area contributed by atoms with Gasteiger partial charge in [0.15, 0.2) is 0 Å². The molecule has 1 N–H and O–H groups in total. The second-order valence-corrected chi connectivity index (χ2v) is 8.47. The van der Waals surface area contributed by atoms with Gasteiger partial charge in [-0.3, -0.25) is 0 Å². The van der Waals surface area contributed by atoms with Crippen LogP contribution in [0.4, 0.5) is 0 Å². The first-order chi connectivity index (χ1) is 12.8. The fourth-order valence-electron chi connectivity index (χ4n) is 3.45. The molecule has 0 amide bonds. The molecule has 1 heteroatoms. The Bertz CT molecular complexity index is 354. The first-order valence-electron chi connectivity index (χ1n) is 11.5. The van der Waals surface area contributed by atoms with Gasteiger partial charge in [-0.1, -0.05) is 112 Å². The van der Waals surface area contributed by atoms with Gasteiger partial charge >= 0.3 is 0 Å². The van der Waals surface area contributed by atoms with E-state index in [2.05, 4.69) is 59.7 Å². The summed E-state index contributed by atoms with van der Waals surface area (Å²) in [6.07, 6.45) is 15.7. The molecule has 160 valence electrons. The number of rotatable bonds is 10. The van der Waals surface area contributed by atoms with Crippen LogP contribution in [0, 0.1) is 17.8 Å². The zero-order chi connectivity index (χ0) is 21.1. The SMILES string of the molecule is C=C(NCCC(CCC)CCC)C(=C)C(C)C.C=CC.CC1CCCCC1. The molecule has 1 saturated carbocycles. The van der Waals surface area contributed by atoms with E-state index in [4.69, 9.17) is 0 Å². The molecule has 1 aliphatic rings. The molecule has 0 atom stereocenters. The lowest BCUT2D eigenvalue weighted by Gasteiger charge is -2.18. The van der Waals surface area contributed by atoms with E-state index in [-0.39, 0.29) is 0 Å². The summed E-state index contributed by atoms with van der Waals surface area (Å²) in [5.41, 5.74) is 2.15. The molecule has 0 bridgehead atoms. The summed E-state index contributed by atoms with van der Waals surface area (Å²) >= 11 is 0. The summed E-state index contributed by atoms with van der Waals surface area (Å²) in [4.78, 5) is 0. The Labute approximate surface area is 172 Å². The number of nitrogens with one attached hydrogen (secondary N) is 1. The Morgan fingerprint density at radius 3 is 1.81 bits per heavy atom. The van der Waals surface area contributed by atoms with Gasteiger partial charge in [0.2, 0.25) is 0 Å². The van der Waals surface area contributed by atoms with Crippen molar-refractivity contribution >= 4 is 0 Å². The van der Waals surface area contributed by atoms with Crippen molar-refractivity contribution in [2.24, 2.45) is 17.8 Å². The molecule has 0 radical (unpaired) electrons. The molecule has 0 aromatic heterocycles. The van der Waals surface area contributed by atoms with E-state index >= 15 is 0 Å². The zero-order valence-corrected chi connectivity index (χ0v) is 19.7. The molecule has 0 unspecified atom stereocenters. The van der Waals surface area contributed by atoms with Gasteiger partial charge in [-0.25, -0.2) is 0 Å². The monoisotopic (exact) mass is 377 g/mol. The number of hydrogen-bond donors (Lipinski definition) is 1. The van der Waals surface area contributed by atoms with Crippen LogP contribution in [-0.4, -0.2) is 6.54 Å². The van der Waals surface area contributed by atoms with Crippen LogP contribution in [0.5, 0.6) is 0 Å². The van der Waals surface area contributed by atoms with Gasteiger partial charge in [-0.2, -0.15) is 0 Å². The molecule has 0 saturated heterocycles. The smallest absolute Gasteiger partial charge is 0.0296 e. The van der Waals surface area contributed by atoms with Crippen LogP contribution in [0.25, 0.3) is 0 Å². The van der Waals surface area contributed by atoms with Gasteiger partial charge in [-0.15, -0.1) is 6.58 Å². The summed E-state index contributed by atoms with van der Waals surface area (Å²) in [5, 5.41) is 3.42. The average molecular weight is 378 g/mol. The van der Waals surface area contributed by atoms with Crippen LogP contribution >= 0.6 is 0 Å². The van der Waals surface area contributed by atoms with Gasteiger partial charge in [0.05, 0.1) is 0 Å². The Kier molecular flexibility index (Phi) is 20.7. The molecule has 1 fully saturated rings. The summed E-state index contributed by atoms with van der Waals surface area (Å²) in [6, 6.07) is 0. The van der Waals surface area contributed by atoms with Crippen LogP contribution in [0.15, 0.2) is 37.1 Å². The summed E-state index contributed by atoms with van der Waals surface area (Å²) in [6.45, 7) is 25.6. The average Bonchev–Trinajstić information content (AvgIpc) is 2.63. The molecule has 0 aromatic rings. The third-order valence-corrected chi connectivity index (χ3v) is 5.26. The Hall–Kier alpha value is -0.980. The summed E-state index contributed by atoms with van der Waals surface area (Å²) < 4.78 is 0. The lowest BCUT2D eigenvalue weighted by molar-refractivity contribution is 0.385. The lowest BCUT2D eigenvalue weighted by atomic mass is 9.91. The minimum Gasteiger partial charge on any atom is -0.385 e. The van der Waals surface area contributed by atoms with Crippen LogP contribution in [0.1, 0.15) is 106 Å². The Balaban J connectivity index is 0. The predicted molar refractivity (Wildman–Crippen MR) is 127 cm³/mol. The molecule has 0 aliphatic heterocycles. The Morgan fingerprint density at radius 2 is 1.48 bits per heavy atom. The van der Waals surface area contributed by atoms with E-state index in [0.29, 0.717) is 5.92 Å². The van der Waals surface area contributed by atoms with Crippen LogP contribution in [0.3, 0.4) is 0 Å². The maximum atomic E-state index is 4.06. The third kappa shape index (κ3) is 18.2. The fraction of sp³-hybridized carbons (Fsp3) is 0.769. The van der Waals surface area contributed by atoms with Crippen molar-refractivity contribution in [3.63, 3.8) is 0 Å². The molecule has 1 nitrogen and oxygen atoms in total. The second kappa shape index (κ2) is 19.8. The molecule has 27 heavy (non-hydrogen) atoms. The lowest BCUT2D eigenvalue weighted by Crippen LogP contribution is -2.19. The van der Waals surface area contributed by atoms with E-state index in [1.54, 1.807) is 6.08 Å². The van der Waals surface area contributed by atoms with Crippen molar-refractivity contribution in [2.45, 2.75) is 106 Å². The van der Waals surface area contributed by atoms with E-state index in [0.717, 1.165) is 29.7 Å². The first-order valence-corrected chi connectivity index (χ1v) is 11.5. The van der Waals surface area contributed by atoms with Crippen molar-refractivity contribution in [3.05, 3.63) is 37.1 Å². The van der Waals surface area contributed by atoms with Crippen LogP contribution in [-0.2, 0) is 0 Å². The van der Waals surface area contributed by atoms with Gasteiger partial charge in [-0.05, 0) is 36.7 Å². The molecule has 0 aromatic carbocycles. The quantitative estimate of drug-likeness (QED) is 0.296. The molecule has 1 aliphatic carbocycles. The summed E-state index contributed by atoms with van der Waals surface area (Å²) in [7, 11) is 0. The van der Waals surface area contributed by atoms with E-state index < -0.39 is 0 Å². The van der Waals surface area contributed by atoms with Crippen molar-refractivity contribution < 1.29 is 0 Å². The van der Waals surface area contributed by atoms with Gasteiger partial charge in [0.25, 0.3) is 0 Å². The standard InChI is InChI=1S/C16H31N.C7H14.C3H6/c1-7-9-16(10-8-2)11-12-17-15(6)14(5)13(3)4;1-7-5-3-2-4-6-7;1-3-2/h13,16-17H,5-12H2,1-4H3;7H,2-6H2,1H3;3H,1H2,2H3. The minimum absolute atomic E-state index is 0.483. The van der Waals surface area contributed by atoms with Crippen molar-refractivity contribution in [2.75, 3.05) is 6.54 Å². The normalized spacial score (nSPS) is 13.9. The van der Waals surface area contributed by atoms with Crippen molar-refractivity contribution in [1.29, 1.82) is 0 Å². The highest BCUT2D eigenvalue weighted by Gasteiger charge is 2.08. The molecule has 1 rings (SSSR count). The highest BCUT2D eigenvalue weighted by atomic mass is 14.9. The number of hydrogen-bond acceptors (Lipinski definition) is 1. The zero-order valence-electron chi connectivity index (χ0n) is 19.7. The van der Waals surface area contributed by atoms with Crippen molar-refractivity contribution in [1.82, 2.24) is 5.32 Å². The highest BCUT2D eigenvalue weighted by molar-refractivity contribution is 5.24. The van der Waals surface area contributed by atoms with Crippen LogP contribution in [0.2, 0.25) is 0 Å². The highest BCUT2D eigenvalue weighted by Crippen LogP contribution is 2.22. The minimum atomic E-state index is 0.483. The van der Waals surface area contributed by atoms with Crippen LogP contribution < -0.4 is 5.32 Å². The molecule has 0 heterocycles. The maximum absolute atomic E-state index is 4.06. The predicted octanol–water partition coefficient (Wildman–Crippen LogP) is 8.69. The first kappa shape index (κ1) is 28.2.